The fraction of sp³-hybridized carbons (Fsp3) is 0.312. The van der Waals surface area contributed by atoms with Crippen LogP contribution in [0.3, 0.4) is 0 Å². The number of para-hydroxylation sites is 1. The molecule has 0 saturated heterocycles. The molecule has 1 N–H and O–H groups in total. The van der Waals surface area contributed by atoms with Gasteiger partial charge in [-0.2, -0.15) is 0 Å². The molecule has 108 valence electrons. The van der Waals surface area contributed by atoms with Gasteiger partial charge in [0.05, 0.1) is 5.69 Å². The summed E-state index contributed by atoms with van der Waals surface area (Å²) < 4.78 is 0. The van der Waals surface area contributed by atoms with Crippen LogP contribution in [0.4, 0.5) is 5.69 Å². The standard InChI is InChI=1S/C16H17N3O2/c1-9-8-12-6-4-5-7-13(12)19(9)16(21)14-10(2)17-11(3)18-15(14)20/h4-7,9H,8H2,1-3H3,(H,17,18,20). The van der Waals surface area contributed by atoms with Crippen molar-refractivity contribution in [2.24, 2.45) is 0 Å². The predicted octanol–water partition coefficient (Wildman–Crippen LogP) is 1.98. The average molecular weight is 283 g/mol. The molecule has 1 aliphatic rings. The zero-order valence-electron chi connectivity index (χ0n) is 12.3. The van der Waals surface area contributed by atoms with E-state index in [1.54, 1.807) is 18.7 Å². The monoisotopic (exact) mass is 283 g/mol. The van der Waals surface area contributed by atoms with Gasteiger partial charge in [-0.1, -0.05) is 18.2 Å². The van der Waals surface area contributed by atoms with Crippen molar-refractivity contribution in [2.75, 3.05) is 4.90 Å². The topological polar surface area (TPSA) is 66.1 Å². The zero-order valence-corrected chi connectivity index (χ0v) is 12.3. The maximum absolute atomic E-state index is 12.8. The number of anilines is 1. The Balaban J connectivity index is 2.10. The third kappa shape index (κ3) is 2.14. The minimum atomic E-state index is -0.374. The van der Waals surface area contributed by atoms with E-state index >= 15 is 0 Å². The third-order valence-electron chi connectivity index (χ3n) is 3.86. The summed E-state index contributed by atoms with van der Waals surface area (Å²) in [5, 5.41) is 0. The van der Waals surface area contributed by atoms with Gasteiger partial charge in [0.1, 0.15) is 11.4 Å². The van der Waals surface area contributed by atoms with E-state index in [0.717, 1.165) is 17.7 Å². The van der Waals surface area contributed by atoms with E-state index < -0.39 is 0 Å². The van der Waals surface area contributed by atoms with Gasteiger partial charge in [-0.15, -0.1) is 0 Å². The van der Waals surface area contributed by atoms with Crippen LogP contribution in [0, 0.1) is 13.8 Å². The van der Waals surface area contributed by atoms with E-state index in [4.69, 9.17) is 0 Å². The zero-order chi connectivity index (χ0) is 15.1. The van der Waals surface area contributed by atoms with E-state index in [0.29, 0.717) is 11.5 Å². The van der Waals surface area contributed by atoms with Crippen LogP contribution < -0.4 is 10.5 Å². The lowest BCUT2D eigenvalue weighted by Gasteiger charge is -2.23. The summed E-state index contributed by atoms with van der Waals surface area (Å²) in [6, 6.07) is 7.84. The van der Waals surface area contributed by atoms with Crippen LogP contribution in [0.2, 0.25) is 0 Å². The number of hydrogen-bond acceptors (Lipinski definition) is 3. The fourth-order valence-electron chi connectivity index (χ4n) is 2.97. The molecule has 1 aliphatic heterocycles. The molecule has 3 rings (SSSR count). The van der Waals surface area contributed by atoms with E-state index in [1.807, 2.05) is 31.2 Å². The first-order valence-corrected chi connectivity index (χ1v) is 6.98. The largest absolute Gasteiger partial charge is 0.310 e. The Kier molecular flexibility index (Phi) is 3.12. The van der Waals surface area contributed by atoms with Crippen molar-refractivity contribution in [3.8, 4) is 0 Å². The van der Waals surface area contributed by atoms with Gasteiger partial charge in [0.25, 0.3) is 11.5 Å². The van der Waals surface area contributed by atoms with Crippen LogP contribution in [0.5, 0.6) is 0 Å². The number of aryl methyl sites for hydroxylation is 2. The predicted molar refractivity (Wildman–Crippen MR) is 80.7 cm³/mol. The highest BCUT2D eigenvalue weighted by Gasteiger charge is 2.33. The van der Waals surface area contributed by atoms with Crippen LogP contribution in [-0.2, 0) is 6.42 Å². The normalized spacial score (nSPS) is 16.9. The summed E-state index contributed by atoms with van der Waals surface area (Å²) in [6.07, 6.45) is 0.804. The molecule has 0 spiro atoms. The van der Waals surface area contributed by atoms with Gasteiger partial charge in [0.15, 0.2) is 0 Å². The van der Waals surface area contributed by atoms with Gasteiger partial charge in [0, 0.05) is 11.7 Å². The number of aromatic nitrogens is 2. The minimum Gasteiger partial charge on any atom is -0.310 e. The van der Waals surface area contributed by atoms with E-state index in [-0.39, 0.29) is 23.1 Å². The molecule has 5 nitrogen and oxygen atoms in total. The Hall–Kier alpha value is -2.43. The average Bonchev–Trinajstić information content (AvgIpc) is 2.73. The van der Waals surface area contributed by atoms with Crippen molar-refractivity contribution >= 4 is 11.6 Å². The molecule has 1 amide bonds. The maximum Gasteiger partial charge on any atom is 0.266 e. The number of nitrogens with one attached hydrogen (secondary N) is 1. The number of benzene rings is 1. The lowest BCUT2D eigenvalue weighted by atomic mass is 10.1. The highest BCUT2D eigenvalue weighted by molar-refractivity contribution is 6.08. The Morgan fingerprint density at radius 3 is 2.76 bits per heavy atom. The molecule has 1 atom stereocenters. The SMILES string of the molecule is Cc1nc(C)c(C(=O)N2c3ccccc3CC2C)c(=O)[nH]1. The molecule has 5 heteroatoms. The second-order valence-corrected chi connectivity index (χ2v) is 5.47. The second-order valence-electron chi connectivity index (χ2n) is 5.47. The van der Waals surface area contributed by atoms with Crippen LogP contribution in [-0.4, -0.2) is 21.9 Å². The molecule has 2 heterocycles. The summed E-state index contributed by atoms with van der Waals surface area (Å²) in [5.74, 6) is 0.239. The number of rotatable bonds is 1. The number of carbonyl (C=O) groups excluding carboxylic acids is 1. The van der Waals surface area contributed by atoms with Gasteiger partial charge >= 0.3 is 0 Å². The summed E-state index contributed by atoms with van der Waals surface area (Å²) in [6.45, 7) is 5.39. The van der Waals surface area contributed by atoms with Crippen LogP contribution in [0.25, 0.3) is 0 Å². The molecule has 0 aliphatic carbocycles. The Bertz CT molecular complexity index is 779. The van der Waals surface area contributed by atoms with Crippen molar-refractivity contribution in [1.29, 1.82) is 0 Å². The lowest BCUT2D eigenvalue weighted by molar-refractivity contribution is 0.0979. The van der Waals surface area contributed by atoms with Crippen molar-refractivity contribution in [3.05, 3.63) is 57.3 Å². The van der Waals surface area contributed by atoms with Gasteiger partial charge < -0.3 is 9.88 Å². The fourth-order valence-corrected chi connectivity index (χ4v) is 2.97. The molecule has 1 aromatic heterocycles. The quantitative estimate of drug-likeness (QED) is 0.870. The number of H-pyrrole nitrogens is 1. The Morgan fingerprint density at radius 2 is 2.05 bits per heavy atom. The first-order chi connectivity index (χ1) is 9.99. The van der Waals surface area contributed by atoms with E-state index in [1.165, 1.54) is 0 Å². The summed E-state index contributed by atoms with van der Waals surface area (Å²) >= 11 is 0. The number of fused-ring (bicyclic) bond motifs is 1. The molecule has 0 saturated carbocycles. The minimum absolute atomic E-state index is 0.0370. The molecular weight excluding hydrogens is 266 g/mol. The third-order valence-corrected chi connectivity index (χ3v) is 3.86. The van der Waals surface area contributed by atoms with Gasteiger partial charge in [0.2, 0.25) is 0 Å². The highest BCUT2D eigenvalue weighted by atomic mass is 16.2. The van der Waals surface area contributed by atoms with Gasteiger partial charge in [-0.3, -0.25) is 9.59 Å². The Morgan fingerprint density at radius 1 is 1.33 bits per heavy atom. The Labute approximate surface area is 122 Å². The van der Waals surface area contributed by atoms with Crippen molar-refractivity contribution in [2.45, 2.75) is 33.2 Å². The first kappa shape index (κ1) is 13.5. The lowest BCUT2D eigenvalue weighted by Crippen LogP contribution is -2.39. The van der Waals surface area contributed by atoms with E-state index in [2.05, 4.69) is 9.97 Å². The van der Waals surface area contributed by atoms with Crippen molar-refractivity contribution < 1.29 is 4.79 Å². The number of carbonyl (C=O) groups is 1. The molecule has 0 radical (unpaired) electrons. The summed E-state index contributed by atoms with van der Waals surface area (Å²) in [5.41, 5.74) is 2.24. The molecule has 1 aromatic carbocycles. The molecule has 21 heavy (non-hydrogen) atoms. The number of nitrogens with zero attached hydrogens (tertiary/aromatic N) is 2. The highest BCUT2D eigenvalue weighted by Crippen LogP contribution is 2.32. The smallest absolute Gasteiger partial charge is 0.266 e. The summed E-state index contributed by atoms with van der Waals surface area (Å²) in [4.78, 5) is 33.5. The molecule has 2 aromatic rings. The molecule has 0 bridgehead atoms. The van der Waals surface area contributed by atoms with E-state index in [9.17, 15) is 9.59 Å². The first-order valence-electron chi connectivity index (χ1n) is 6.98. The van der Waals surface area contributed by atoms with Gasteiger partial charge in [-0.05, 0) is 38.8 Å². The van der Waals surface area contributed by atoms with Gasteiger partial charge in [-0.25, -0.2) is 4.98 Å². The van der Waals surface area contributed by atoms with Crippen LogP contribution in [0.15, 0.2) is 29.1 Å². The van der Waals surface area contributed by atoms with Crippen LogP contribution in [0.1, 0.15) is 34.4 Å². The summed E-state index contributed by atoms with van der Waals surface area (Å²) in [7, 11) is 0. The number of aromatic amines is 1. The molecular formula is C16H17N3O2. The molecule has 0 fully saturated rings. The second kappa shape index (κ2) is 4.84. The van der Waals surface area contributed by atoms with Crippen molar-refractivity contribution in [1.82, 2.24) is 9.97 Å². The number of amides is 1. The van der Waals surface area contributed by atoms with Crippen LogP contribution >= 0.6 is 0 Å². The van der Waals surface area contributed by atoms with Crippen molar-refractivity contribution in [3.63, 3.8) is 0 Å². The molecule has 1 unspecified atom stereocenters. The number of hydrogen-bond donors (Lipinski definition) is 1. The maximum atomic E-state index is 12.8.